The molecule has 0 aliphatic carbocycles. The number of aliphatic imine (C=N–C) groups is 1. The highest BCUT2D eigenvalue weighted by molar-refractivity contribution is 6.00. The van der Waals surface area contributed by atoms with Gasteiger partial charge in [0.2, 0.25) is 0 Å². The fourth-order valence-corrected chi connectivity index (χ4v) is 3.17. The van der Waals surface area contributed by atoms with Crippen LogP contribution in [0, 0.1) is 12.8 Å². The van der Waals surface area contributed by atoms with Gasteiger partial charge in [0, 0.05) is 0 Å². The maximum atomic E-state index is 5.78. The molecule has 33 heavy (non-hydrogen) atoms. The fraction of sp³-hybridized carbons (Fsp3) is 0.222. The van der Waals surface area contributed by atoms with E-state index in [0.29, 0.717) is 17.6 Å². The number of hydrogen-bond donors (Lipinski definition) is 2. The van der Waals surface area contributed by atoms with E-state index in [1.165, 1.54) is 5.56 Å². The summed E-state index contributed by atoms with van der Waals surface area (Å²) in [6.45, 7) is 7.16. The Hall–Kier alpha value is -3.93. The first-order valence-electron chi connectivity index (χ1n) is 11.2. The van der Waals surface area contributed by atoms with Gasteiger partial charge in [-0.2, -0.15) is 5.10 Å². The molecule has 0 atom stereocenters. The van der Waals surface area contributed by atoms with Crippen molar-refractivity contribution in [2.45, 2.75) is 27.2 Å². The van der Waals surface area contributed by atoms with Crippen molar-refractivity contribution in [2.75, 3.05) is 6.61 Å². The number of aryl methyl sites for hydroxylation is 1. The van der Waals surface area contributed by atoms with Crippen molar-refractivity contribution < 1.29 is 4.74 Å². The Morgan fingerprint density at radius 2 is 1.79 bits per heavy atom. The Morgan fingerprint density at radius 3 is 2.52 bits per heavy atom. The van der Waals surface area contributed by atoms with Crippen LogP contribution in [0.3, 0.4) is 0 Å². The molecule has 0 radical (unpaired) electrons. The van der Waals surface area contributed by atoms with Crippen LogP contribution in [0.2, 0.25) is 0 Å². The minimum atomic E-state index is 0.542. The van der Waals surface area contributed by atoms with Crippen LogP contribution in [-0.4, -0.2) is 28.6 Å². The van der Waals surface area contributed by atoms with Crippen molar-refractivity contribution in [2.24, 2.45) is 16.0 Å². The van der Waals surface area contributed by atoms with E-state index in [1.54, 1.807) is 6.21 Å². The lowest BCUT2D eigenvalue weighted by molar-refractivity contribution is 0.289. The first-order valence-corrected chi connectivity index (χ1v) is 11.2. The zero-order valence-corrected chi connectivity index (χ0v) is 19.2. The van der Waals surface area contributed by atoms with Crippen LogP contribution in [0.1, 0.15) is 37.2 Å². The summed E-state index contributed by atoms with van der Waals surface area (Å²) in [7, 11) is 0. The average molecular weight is 440 g/mol. The molecule has 4 aromatic rings. The van der Waals surface area contributed by atoms with E-state index in [1.807, 2.05) is 72.8 Å². The number of rotatable bonds is 8. The van der Waals surface area contributed by atoms with Gasteiger partial charge in [0.25, 0.3) is 0 Å². The van der Waals surface area contributed by atoms with Crippen molar-refractivity contribution in [3.05, 3.63) is 89.7 Å². The lowest BCUT2D eigenvalue weighted by Crippen LogP contribution is -2.20. The minimum Gasteiger partial charge on any atom is -0.494 e. The van der Waals surface area contributed by atoms with E-state index in [9.17, 15) is 0 Å². The number of aromatic nitrogens is 2. The van der Waals surface area contributed by atoms with E-state index in [4.69, 9.17) is 9.73 Å². The van der Waals surface area contributed by atoms with Crippen molar-refractivity contribution in [1.82, 2.24) is 15.4 Å². The Bertz CT molecular complexity index is 1200. The number of fused-ring (bicyclic) bond motifs is 1. The monoisotopic (exact) mass is 439 g/mol. The summed E-state index contributed by atoms with van der Waals surface area (Å²) in [5, 5.41) is 4.41. The third-order valence-electron chi connectivity index (χ3n) is 5.12. The minimum absolute atomic E-state index is 0.542. The van der Waals surface area contributed by atoms with E-state index >= 15 is 0 Å². The third kappa shape index (κ3) is 6.29. The summed E-state index contributed by atoms with van der Waals surface area (Å²) >= 11 is 0. The molecule has 0 saturated heterocycles. The van der Waals surface area contributed by atoms with Gasteiger partial charge in [-0.25, -0.2) is 9.98 Å². The van der Waals surface area contributed by atoms with Gasteiger partial charge in [-0.3, -0.25) is 5.43 Å². The van der Waals surface area contributed by atoms with Gasteiger partial charge in [0.1, 0.15) is 5.75 Å². The molecular formula is C27H29N5O. The van der Waals surface area contributed by atoms with Crippen molar-refractivity contribution >= 4 is 28.8 Å². The van der Waals surface area contributed by atoms with Crippen LogP contribution >= 0.6 is 0 Å². The summed E-state index contributed by atoms with van der Waals surface area (Å²) in [6, 6.07) is 23.8. The molecule has 0 spiro atoms. The molecule has 6 nitrogen and oxygen atoms in total. The first kappa shape index (κ1) is 22.3. The smallest absolute Gasteiger partial charge is 0.190 e. The van der Waals surface area contributed by atoms with Gasteiger partial charge in [-0.1, -0.05) is 43.7 Å². The summed E-state index contributed by atoms with van der Waals surface area (Å²) in [5.41, 5.74) is 7.85. The molecule has 3 aromatic carbocycles. The summed E-state index contributed by atoms with van der Waals surface area (Å²) in [6.07, 6.45) is 2.79. The van der Waals surface area contributed by atoms with Crippen LogP contribution < -0.4 is 10.2 Å². The Labute approximate surface area is 194 Å². The first-order chi connectivity index (χ1) is 16.1. The van der Waals surface area contributed by atoms with Gasteiger partial charge in [-0.15, -0.1) is 0 Å². The predicted molar refractivity (Wildman–Crippen MR) is 136 cm³/mol. The molecule has 1 aromatic heterocycles. The molecule has 6 heteroatoms. The average Bonchev–Trinajstić information content (AvgIpc) is 3.25. The number of aromatic amines is 1. The van der Waals surface area contributed by atoms with Gasteiger partial charge >= 0.3 is 0 Å². The predicted octanol–water partition coefficient (Wildman–Crippen LogP) is 6.00. The molecule has 0 unspecified atom stereocenters. The zero-order valence-electron chi connectivity index (χ0n) is 19.2. The highest BCUT2D eigenvalue weighted by Crippen LogP contribution is 2.16. The molecule has 0 aliphatic heterocycles. The largest absolute Gasteiger partial charge is 0.494 e. The normalized spacial score (nSPS) is 12.1. The maximum absolute atomic E-state index is 5.78. The van der Waals surface area contributed by atoms with E-state index < -0.39 is 0 Å². The lowest BCUT2D eigenvalue weighted by Gasteiger charge is -2.08. The number of H-pyrrole nitrogens is 1. The molecule has 0 amide bonds. The fourth-order valence-electron chi connectivity index (χ4n) is 3.17. The number of hydrogen-bond acceptors (Lipinski definition) is 4. The number of amidine groups is 1. The summed E-state index contributed by atoms with van der Waals surface area (Å²) in [4.78, 5) is 12.7. The van der Waals surface area contributed by atoms with Crippen LogP contribution in [0.4, 0.5) is 5.69 Å². The second-order valence-electron chi connectivity index (χ2n) is 8.37. The number of para-hydroxylation sites is 2. The van der Waals surface area contributed by atoms with E-state index in [2.05, 4.69) is 41.3 Å². The van der Waals surface area contributed by atoms with E-state index in [-0.39, 0.29) is 0 Å². The van der Waals surface area contributed by atoms with Gasteiger partial charge in [0.05, 0.1) is 29.5 Å². The Morgan fingerprint density at radius 1 is 1.03 bits per heavy atom. The molecule has 168 valence electrons. The number of imidazole rings is 1. The summed E-state index contributed by atoms with van der Waals surface area (Å²) in [5.74, 6) is 2.66. The number of nitrogens with one attached hydrogen (secondary N) is 2. The second-order valence-corrected chi connectivity index (χ2v) is 8.37. The van der Waals surface area contributed by atoms with Gasteiger partial charge in [-0.05, 0) is 73.4 Å². The Kier molecular flexibility index (Phi) is 7.15. The number of hydrazone groups is 1. The van der Waals surface area contributed by atoms with Crippen LogP contribution in [0.15, 0.2) is 82.9 Å². The third-order valence-corrected chi connectivity index (χ3v) is 5.12. The lowest BCUT2D eigenvalue weighted by atomic mass is 10.1. The standard InChI is InChI=1S/C27H29N5O/c1-19(2)16-17-33-23-14-10-21(11-15-23)18-28-32-27(29-22-12-8-20(3)9-13-22)26-30-24-6-4-5-7-25(24)31-26/h4-15,18-19H,16-17H2,1-3H3,(H,29,32)(H,30,31). The molecule has 0 saturated carbocycles. The molecule has 0 fully saturated rings. The van der Waals surface area contributed by atoms with Crippen molar-refractivity contribution in [1.29, 1.82) is 0 Å². The molecule has 0 bridgehead atoms. The zero-order chi connectivity index (χ0) is 23.0. The highest BCUT2D eigenvalue weighted by atomic mass is 16.5. The molecule has 0 aliphatic rings. The maximum Gasteiger partial charge on any atom is 0.190 e. The quantitative estimate of drug-likeness (QED) is 0.201. The molecule has 2 N–H and O–H groups in total. The molecular weight excluding hydrogens is 410 g/mol. The van der Waals surface area contributed by atoms with Crippen molar-refractivity contribution in [3.8, 4) is 5.75 Å². The second kappa shape index (κ2) is 10.6. The number of ether oxygens (including phenoxy) is 1. The topological polar surface area (TPSA) is 74.7 Å². The van der Waals surface area contributed by atoms with Crippen LogP contribution in [0.5, 0.6) is 5.75 Å². The number of benzene rings is 3. The molecule has 4 rings (SSSR count). The van der Waals surface area contributed by atoms with Gasteiger partial charge < -0.3 is 9.72 Å². The number of nitrogens with zero attached hydrogens (tertiary/aromatic N) is 3. The van der Waals surface area contributed by atoms with Crippen LogP contribution in [0.25, 0.3) is 11.0 Å². The van der Waals surface area contributed by atoms with Crippen LogP contribution in [-0.2, 0) is 0 Å². The Balaban J connectivity index is 1.50. The summed E-state index contributed by atoms with van der Waals surface area (Å²) < 4.78 is 5.78. The van der Waals surface area contributed by atoms with E-state index in [0.717, 1.165) is 41.1 Å². The molecule has 1 heterocycles. The highest BCUT2D eigenvalue weighted by Gasteiger charge is 2.09. The van der Waals surface area contributed by atoms with Crippen molar-refractivity contribution in [3.63, 3.8) is 0 Å². The SMILES string of the molecule is Cc1ccc(N=C(NN=Cc2ccc(OCCC(C)C)cc2)c2nc3ccccc3[nH]2)cc1. The van der Waals surface area contributed by atoms with Gasteiger partial charge in [0.15, 0.2) is 11.7 Å².